The predicted octanol–water partition coefficient (Wildman–Crippen LogP) is 29.5. The molecule has 3 aromatic heterocycles. The minimum atomic E-state index is 0.686. The van der Waals surface area contributed by atoms with Gasteiger partial charge in [-0.05, 0) is 288 Å². The molecule has 0 N–H and O–H groups in total. The van der Waals surface area contributed by atoms with E-state index in [0.717, 1.165) is 38.9 Å². The van der Waals surface area contributed by atoms with Crippen LogP contribution in [0.1, 0.15) is 0 Å². The van der Waals surface area contributed by atoms with E-state index in [1.165, 1.54) is 221 Å². The van der Waals surface area contributed by atoms with Crippen molar-refractivity contribution in [2.24, 2.45) is 7.05 Å². The third kappa shape index (κ3) is 10.8. The summed E-state index contributed by atoms with van der Waals surface area (Å²) >= 11 is 0. The summed E-state index contributed by atoms with van der Waals surface area (Å²) in [6, 6.07) is 137. The topological polar surface area (TPSA) is 69.4 Å². The van der Waals surface area contributed by atoms with Crippen molar-refractivity contribution in [1.82, 2.24) is 29.5 Å². The van der Waals surface area contributed by atoms with Gasteiger partial charge in [-0.3, -0.25) is 4.98 Å². The number of para-hydroxylation sites is 2. The molecule has 23 aromatic rings. The van der Waals surface area contributed by atoms with Crippen LogP contribution in [-0.4, -0.2) is 29.5 Å². The second kappa shape index (κ2) is 26.8. The molecule has 0 atom stereocenters. The van der Waals surface area contributed by atoms with E-state index in [1.54, 1.807) is 0 Å². The minimum Gasteiger partial charge on any atom is -0.327 e. The molecule has 3 aliphatic carbocycles. The number of imidazole rings is 1. The van der Waals surface area contributed by atoms with Gasteiger partial charge in [-0.15, -0.1) is 0 Å². The van der Waals surface area contributed by atoms with Crippen molar-refractivity contribution >= 4 is 108 Å². The van der Waals surface area contributed by atoms with Gasteiger partial charge in [0.05, 0.1) is 16.6 Å². The first-order valence-electron chi connectivity index (χ1n) is 40.3. The Labute approximate surface area is 680 Å². The highest BCUT2D eigenvalue weighted by molar-refractivity contribution is 6.24. The molecular formula is C112H68N6. The van der Waals surface area contributed by atoms with Crippen molar-refractivity contribution < 1.29 is 0 Å². The van der Waals surface area contributed by atoms with Crippen LogP contribution in [0.25, 0.3) is 253 Å². The van der Waals surface area contributed by atoms with Gasteiger partial charge < -0.3 is 4.57 Å². The maximum Gasteiger partial charge on any atom is 0.162 e. The molecule has 0 bridgehead atoms. The second-order valence-electron chi connectivity index (χ2n) is 31.4. The standard InChI is InChI=1S/C43H25N3.C35H21N.C34H22N2/c1-2-5-27-23-41-39-17-16-36(37-6-3-7-38(42(37)39)40(41)22-26(27)4-1)34-14-12-30-18-28(8-10-32(30)20-34)29-9-11-33-21-35(15-13-31(33)19-29)43-45-24-44-25-46-43;1-2-8-22(9-3-1)25-15-18-31(35-30(25)14-7-19-36-35)26-16-17-29-33-21-24-11-5-4-10-23(24)20-32(33)28-13-6-12-27(26)34(28)29;1-36-32-15-5-4-14-31(32)35-34(36)24-11-6-10-23(18-24)25-16-17-28-30-20-22-9-3-2-8-21(22)19-29(30)27-13-7-12-26(25)33(27)28/h1-25H;1-21H;2-20H,1H3. The highest BCUT2D eigenvalue weighted by Crippen LogP contribution is 2.55. The number of nitrogens with zero attached hydrogens (tertiary/aromatic N) is 6. The SMILES string of the molecule is Cn1c(-c2cccc(-c3ccc4c5c(cccc35)-c3cc5ccccc5cc3-4)c2)nc2ccccc21.c1ccc(-c2ccc(-c3ccc4c5c(cccc35)-c3cc5ccccc5cc3-4)c3ncccc23)cc1.c1ccc2cc3c(cc2c1)-c1cccc2c(-c4ccc5cc(-c6ccc7cc(-c8ncncn8)ccc7c6)ccc5c4)ccc-3c12. The molecule has 6 nitrogen and oxygen atoms in total. The van der Waals surface area contributed by atoms with E-state index in [2.05, 4.69) is 391 Å². The molecule has 3 heterocycles. The van der Waals surface area contributed by atoms with Crippen molar-refractivity contribution in [3.05, 3.63) is 395 Å². The van der Waals surface area contributed by atoms with Crippen LogP contribution in [-0.2, 0) is 7.05 Å². The Bertz CT molecular complexity index is 8060. The zero-order valence-corrected chi connectivity index (χ0v) is 64.2. The van der Waals surface area contributed by atoms with E-state index in [9.17, 15) is 0 Å². The van der Waals surface area contributed by atoms with Gasteiger partial charge in [0.1, 0.15) is 18.5 Å². The molecule has 118 heavy (non-hydrogen) atoms. The average Bonchev–Trinajstić information content (AvgIpc) is 1.59. The molecule has 0 saturated heterocycles. The molecule has 546 valence electrons. The Morgan fingerprint density at radius 3 is 1.08 bits per heavy atom. The molecule has 0 saturated carbocycles. The molecule has 26 rings (SSSR count). The van der Waals surface area contributed by atoms with Gasteiger partial charge in [-0.2, -0.15) is 0 Å². The summed E-state index contributed by atoms with van der Waals surface area (Å²) in [6.07, 6.45) is 4.97. The van der Waals surface area contributed by atoms with Crippen molar-refractivity contribution in [1.29, 1.82) is 0 Å². The van der Waals surface area contributed by atoms with Gasteiger partial charge in [0.25, 0.3) is 0 Å². The molecule has 3 aliphatic rings. The summed E-state index contributed by atoms with van der Waals surface area (Å²) < 4.78 is 2.18. The van der Waals surface area contributed by atoms with E-state index >= 15 is 0 Å². The fourth-order valence-electron chi connectivity index (χ4n) is 19.4. The number of aryl methyl sites for hydroxylation is 1. The van der Waals surface area contributed by atoms with Crippen LogP contribution < -0.4 is 0 Å². The summed E-state index contributed by atoms with van der Waals surface area (Å²) in [5.41, 5.74) is 33.5. The first-order valence-corrected chi connectivity index (χ1v) is 40.3. The van der Waals surface area contributed by atoms with Crippen LogP contribution in [0, 0.1) is 0 Å². The Morgan fingerprint density at radius 2 is 0.568 bits per heavy atom. The number of benzene rings is 20. The summed E-state index contributed by atoms with van der Waals surface area (Å²) in [5, 5.41) is 21.7. The number of pyridine rings is 1. The van der Waals surface area contributed by atoms with Crippen molar-refractivity contribution in [2.45, 2.75) is 0 Å². The quantitative estimate of drug-likeness (QED) is 0.159. The van der Waals surface area contributed by atoms with Crippen LogP contribution in [0.4, 0.5) is 0 Å². The third-order valence-electron chi connectivity index (χ3n) is 25.0. The Kier molecular flexibility index (Phi) is 15.2. The van der Waals surface area contributed by atoms with E-state index in [0.29, 0.717) is 5.82 Å². The van der Waals surface area contributed by atoms with Gasteiger partial charge in [0.2, 0.25) is 0 Å². The highest BCUT2D eigenvalue weighted by Gasteiger charge is 2.28. The van der Waals surface area contributed by atoms with Crippen molar-refractivity contribution in [2.75, 3.05) is 0 Å². The molecule has 0 radical (unpaired) electrons. The molecule has 0 fully saturated rings. The predicted molar refractivity (Wildman–Crippen MR) is 494 cm³/mol. The van der Waals surface area contributed by atoms with Crippen molar-refractivity contribution in [3.63, 3.8) is 0 Å². The summed E-state index contributed by atoms with van der Waals surface area (Å²) in [6.45, 7) is 0. The molecule has 0 spiro atoms. The largest absolute Gasteiger partial charge is 0.327 e. The van der Waals surface area contributed by atoms with Crippen molar-refractivity contribution in [3.8, 4) is 145 Å². The number of aromatic nitrogens is 6. The number of hydrogen-bond donors (Lipinski definition) is 0. The lowest BCUT2D eigenvalue weighted by Gasteiger charge is -2.14. The van der Waals surface area contributed by atoms with Crippen LogP contribution in [0.3, 0.4) is 0 Å². The Hall–Kier alpha value is -15.6. The van der Waals surface area contributed by atoms with E-state index in [1.807, 2.05) is 18.3 Å². The lowest BCUT2D eigenvalue weighted by atomic mass is 9.91. The lowest BCUT2D eigenvalue weighted by molar-refractivity contribution is 0.959. The maximum atomic E-state index is 4.93. The van der Waals surface area contributed by atoms with E-state index < -0.39 is 0 Å². The third-order valence-corrected chi connectivity index (χ3v) is 25.0. The number of hydrogen-bond acceptors (Lipinski definition) is 5. The maximum absolute atomic E-state index is 4.93. The second-order valence-corrected chi connectivity index (χ2v) is 31.4. The zero-order valence-electron chi connectivity index (χ0n) is 64.2. The average molecular weight is 1500 g/mol. The van der Waals surface area contributed by atoms with Gasteiger partial charge in [0, 0.05) is 35.3 Å². The molecule has 0 unspecified atom stereocenters. The van der Waals surface area contributed by atoms with Crippen LogP contribution in [0.2, 0.25) is 0 Å². The smallest absolute Gasteiger partial charge is 0.162 e. The first kappa shape index (κ1) is 66.9. The fraction of sp³-hybridized carbons (Fsp3) is 0.00893. The summed E-state index contributed by atoms with van der Waals surface area (Å²) in [4.78, 5) is 22.3. The van der Waals surface area contributed by atoms with Crippen LogP contribution in [0.15, 0.2) is 395 Å². The molecule has 0 amide bonds. The Morgan fingerprint density at radius 1 is 0.212 bits per heavy atom. The summed E-state index contributed by atoms with van der Waals surface area (Å²) in [5.74, 6) is 1.67. The van der Waals surface area contributed by atoms with Gasteiger partial charge in [0.15, 0.2) is 5.82 Å². The van der Waals surface area contributed by atoms with Crippen LogP contribution in [0.5, 0.6) is 0 Å². The molecule has 6 heteroatoms. The zero-order chi connectivity index (χ0) is 77.6. The monoisotopic (exact) mass is 1500 g/mol. The van der Waals surface area contributed by atoms with Gasteiger partial charge in [-0.25, -0.2) is 19.9 Å². The minimum absolute atomic E-state index is 0.686. The number of rotatable bonds is 7. The van der Waals surface area contributed by atoms with Gasteiger partial charge >= 0.3 is 0 Å². The molecular weight excluding hydrogens is 1430 g/mol. The van der Waals surface area contributed by atoms with Crippen LogP contribution >= 0.6 is 0 Å². The van der Waals surface area contributed by atoms with E-state index in [-0.39, 0.29) is 0 Å². The first-order chi connectivity index (χ1) is 58.4. The lowest BCUT2D eigenvalue weighted by Crippen LogP contribution is -1.93. The fourth-order valence-corrected chi connectivity index (χ4v) is 19.4. The highest BCUT2D eigenvalue weighted by atomic mass is 15.1. The number of fused-ring (bicyclic) bond motifs is 16. The summed E-state index contributed by atoms with van der Waals surface area (Å²) in [7, 11) is 2.09. The normalized spacial score (nSPS) is 11.9. The van der Waals surface area contributed by atoms with E-state index in [4.69, 9.17) is 9.97 Å². The van der Waals surface area contributed by atoms with Gasteiger partial charge in [-0.1, -0.05) is 291 Å². The Balaban J connectivity index is 0.000000102. The molecule has 0 aliphatic heterocycles. The molecule has 20 aromatic carbocycles.